The Hall–Kier alpha value is -2.79. The van der Waals surface area contributed by atoms with Crippen LogP contribution >= 0.6 is 11.6 Å². The van der Waals surface area contributed by atoms with Crippen molar-refractivity contribution >= 4 is 29.2 Å². The first kappa shape index (κ1) is 19.2. The third-order valence-corrected chi connectivity index (χ3v) is 6.33. The van der Waals surface area contributed by atoms with Crippen molar-refractivity contribution in [1.82, 2.24) is 0 Å². The molecule has 1 aliphatic carbocycles. The van der Waals surface area contributed by atoms with Crippen molar-refractivity contribution in [2.45, 2.75) is 31.1 Å². The van der Waals surface area contributed by atoms with Crippen molar-refractivity contribution in [2.24, 2.45) is 4.99 Å². The first-order chi connectivity index (χ1) is 14.4. The molecule has 152 valence electrons. The number of rotatable bonds is 2. The first-order valence-electron chi connectivity index (χ1n) is 9.80. The summed E-state index contributed by atoms with van der Waals surface area (Å²) in [7, 11) is 0. The van der Waals surface area contributed by atoms with Gasteiger partial charge in [0.15, 0.2) is 0 Å². The Labute approximate surface area is 177 Å². The number of halogens is 4. The van der Waals surface area contributed by atoms with E-state index in [0.29, 0.717) is 5.56 Å². The van der Waals surface area contributed by atoms with E-state index in [2.05, 4.69) is 22.0 Å². The van der Waals surface area contributed by atoms with Crippen LogP contribution in [0.4, 0.5) is 24.5 Å². The lowest BCUT2D eigenvalue weighted by molar-refractivity contribution is -0.137. The van der Waals surface area contributed by atoms with Gasteiger partial charge in [-0.1, -0.05) is 60.1 Å². The van der Waals surface area contributed by atoms with Crippen molar-refractivity contribution in [3.05, 3.63) is 94.0 Å². The van der Waals surface area contributed by atoms with Gasteiger partial charge in [-0.3, -0.25) is 4.99 Å². The highest BCUT2D eigenvalue weighted by Crippen LogP contribution is 2.49. The second-order valence-corrected chi connectivity index (χ2v) is 7.96. The molecule has 3 aromatic carbocycles. The summed E-state index contributed by atoms with van der Waals surface area (Å²) in [5.74, 6) is 0. The standard InChI is InChI=1S/C24H18ClF3N2/c25-23-17(8-5-9-18(23)24(26,27)28)22-14-29-19-10-3-4-11-21(19)30(22)20-13-12-15-6-1-2-7-16(15)20/h1-11,14,20,22H,12-13H2/t20-,22?/m0/s1. The zero-order chi connectivity index (χ0) is 20.9. The lowest BCUT2D eigenvalue weighted by Crippen LogP contribution is -2.35. The van der Waals surface area contributed by atoms with Crippen LogP contribution in [0.25, 0.3) is 0 Å². The molecule has 3 aromatic rings. The Kier molecular flexibility index (Phi) is 4.58. The first-order valence-corrected chi connectivity index (χ1v) is 10.2. The molecule has 0 spiro atoms. The molecule has 2 atom stereocenters. The molecule has 2 nitrogen and oxygen atoms in total. The van der Waals surface area contributed by atoms with Gasteiger partial charge in [-0.05, 0) is 47.7 Å². The van der Waals surface area contributed by atoms with Crippen LogP contribution in [0.5, 0.6) is 0 Å². The van der Waals surface area contributed by atoms with Gasteiger partial charge in [-0.2, -0.15) is 13.2 Å². The predicted octanol–water partition coefficient (Wildman–Crippen LogP) is 7.31. The summed E-state index contributed by atoms with van der Waals surface area (Å²) in [4.78, 5) is 6.73. The molecule has 6 heteroatoms. The number of benzene rings is 3. The minimum atomic E-state index is -4.51. The zero-order valence-corrected chi connectivity index (χ0v) is 16.7. The van der Waals surface area contributed by atoms with Crippen molar-refractivity contribution in [3.63, 3.8) is 0 Å². The Bertz CT molecular complexity index is 1140. The number of hydrogen-bond donors (Lipinski definition) is 0. The van der Waals surface area contributed by atoms with E-state index in [0.717, 1.165) is 30.3 Å². The van der Waals surface area contributed by atoms with Crippen molar-refractivity contribution in [2.75, 3.05) is 4.90 Å². The minimum absolute atomic E-state index is 0.0321. The van der Waals surface area contributed by atoms with Gasteiger partial charge < -0.3 is 4.90 Å². The normalized spacial score (nSPS) is 20.2. The van der Waals surface area contributed by atoms with Gasteiger partial charge >= 0.3 is 6.18 Å². The molecule has 0 aromatic heterocycles. The van der Waals surface area contributed by atoms with Crippen molar-refractivity contribution < 1.29 is 13.2 Å². The van der Waals surface area contributed by atoms with Crippen LogP contribution in [0.3, 0.4) is 0 Å². The van der Waals surface area contributed by atoms with Crippen LogP contribution in [0.15, 0.2) is 71.7 Å². The van der Waals surface area contributed by atoms with Gasteiger partial charge in [0.1, 0.15) is 0 Å². The summed E-state index contributed by atoms with van der Waals surface area (Å²) < 4.78 is 40.5. The molecule has 2 aliphatic rings. The Morgan fingerprint density at radius 1 is 0.900 bits per heavy atom. The number of hydrogen-bond acceptors (Lipinski definition) is 2. The second-order valence-electron chi connectivity index (χ2n) is 7.58. The second kappa shape index (κ2) is 7.17. The van der Waals surface area contributed by atoms with Crippen molar-refractivity contribution in [1.29, 1.82) is 0 Å². The molecule has 0 N–H and O–H groups in total. The summed E-state index contributed by atoms with van der Waals surface area (Å²) in [5.41, 5.74) is 3.78. The fourth-order valence-electron chi connectivity index (χ4n) is 4.58. The topological polar surface area (TPSA) is 15.6 Å². The summed E-state index contributed by atoms with van der Waals surface area (Å²) in [6.07, 6.45) is -0.986. The van der Waals surface area contributed by atoms with E-state index >= 15 is 0 Å². The van der Waals surface area contributed by atoms with Gasteiger partial charge in [0.05, 0.1) is 34.0 Å². The van der Waals surface area contributed by atoms with Crippen molar-refractivity contribution in [3.8, 4) is 0 Å². The lowest BCUT2D eigenvalue weighted by atomic mass is 9.96. The maximum Gasteiger partial charge on any atom is 0.417 e. The Morgan fingerprint density at radius 3 is 2.47 bits per heavy atom. The van der Waals surface area contributed by atoms with E-state index in [1.165, 1.54) is 17.2 Å². The van der Waals surface area contributed by atoms with E-state index in [1.807, 2.05) is 36.4 Å². The summed E-state index contributed by atoms with van der Waals surface area (Å²) in [5, 5.41) is -0.267. The van der Waals surface area contributed by atoms with Crippen LogP contribution < -0.4 is 4.90 Å². The quantitative estimate of drug-likeness (QED) is 0.419. The maximum atomic E-state index is 13.5. The van der Waals surface area contributed by atoms with E-state index in [9.17, 15) is 13.2 Å². The molecule has 0 bridgehead atoms. The number of alkyl halides is 3. The van der Waals surface area contributed by atoms with E-state index < -0.39 is 17.8 Å². The van der Waals surface area contributed by atoms with Crippen LogP contribution in [-0.4, -0.2) is 6.21 Å². The zero-order valence-electron chi connectivity index (χ0n) is 15.9. The molecule has 0 amide bonds. The van der Waals surface area contributed by atoms with Crippen LogP contribution in [0.2, 0.25) is 5.02 Å². The van der Waals surface area contributed by atoms with Gasteiger partial charge in [0.2, 0.25) is 0 Å². The minimum Gasteiger partial charge on any atom is -0.351 e. The molecule has 0 fully saturated rings. The molecule has 0 saturated heterocycles. The number of aryl methyl sites for hydroxylation is 1. The third-order valence-electron chi connectivity index (χ3n) is 5.90. The predicted molar refractivity (Wildman–Crippen MR) is 114 cm³/mol. The number of para-hydroxylation sites is 2. The smallest absolute Gasteiger partial charge is 0.351 e. The Morgan fingerprint density at radius 2 is 1.63 bits per heavy atom. The Balaban J connectivity index is 1.68. The summed E-state index contributed by atoms with van der Waals surface area (Å²) >= 11 is 6.32. The van der Waals surface area contributed by atoms with Gasteiger partial charge in [-0.25, -0.2) is 0 Å². The summed E-state index contributed by atoms with van der Waals surface area (Å²) in [6.45, 7) is 0. The number of aliphatic imine (C=N–C) groups is 1. The van der Waals surface area contributed by atoms with Crippen LogP contribution in [0.1, 0.15) is 40.8 Å². The fourth-order valence-corrected chi connectivity index (χ4v) is 4.92. The maximum absolute atomic E-state index is 13.5. The molecule has 0 saturated carbocycles. The third kappa shape index (κ3) is 3.08. The highest BCUT2D eigenvalue weighted by molar-refractivity contribution is 6.32. The van der Waals surface area contributed by atoms with Gasteiger partial charge in [0, 0.05) is 6.21 Å². The van der Waals surface area contributed by atoms with Crippen LogP contribution in [-0.2, 0) is 12.6 Å². The molecule has 1 aliphatic heterocycles. The highest BCUT2D eigenvalue weighted by Gasteiger charge is 2.39. The molecule has 5 rings (SSSR count). The fraction of sp³-hybridized carbons (Fsp3) is 0.208. The molecule has 30 heavy (non-hydrogen) atoms. The molecular formula is C24H18ClF3N2. The lowest BCUT2D eigenvalue weighted by Gasteiger charge is -2.40. The molecule has 1 heterocycles. The van der Waals surface area contributed by atoms with Gasteiger partial charge in [-0.15, -0.1) is 0 Å². The molecule has 0 radical (unpaired) electrons. The van der Waals surface area contributed by atoms with Gasteiger partial charge in [0.25, 0.3) is 0 Å². The van der Waals surface area contributed by atoms with E-state index in [1.54, 1.807) is 12.3 Å². The van der Waals surface area contributed by atoms with Crippen LogP contribution in [0, 0.1) is 0 Å². The number of anilines is 1. The highest BCUT2D eigenvalue weighted by atomic mass is 35.5. The monoisotopic (exact) mass is 426 g/mol. The molecule has 1 unspecified atom stereocenters. The number of fused-ring (bicyclic) bond motifs is 2. The average molecular weight is 427 g/mol. The SMILES string of the molecule is FC(F)(F)c1cccc(C2C=Nc3ccccc3N2[C@H]2CCc3ccccc32)c1Cl. The average Bonchev–Trinajstić information content (AvgIpc) is 3.16. The number of nitrogens with zero attached hydrogens (tertiary/aromatic N) is 2. The summed E-state index contributed by atoms with van der Waals surface area (Å²) in [6, 6.07) is 19.6. The largest absolute Gasteiger partial charge is 0.417 e. The van der Waals surface area contributed by atoms with E-state index in [4.69, 9.17) is 11.6 Å². The molecular weight excluding hydrogens is 409 g/mol. The van der Waals surface area contributed by atoms with E-state index in [-0.39, 0.29) is 11.1 Å².